The Morgan fingerprint density at radius 2 is 0.426 bits per heavy atom. The molecule has 0 rings (SSSR count). The molecule has 0 aromatic carbocycles. The lowest BCUT2D eigenvalue weighted by atomic mass is 10.0. The highest BCUT2D eigenvalue weighted by atomic mass is 31.2. The highest BCUT2D eigenvalue weighted by Crippen LogP contribution is 2.45. The predicted octanol–water partition coefficient (Wildman–Crippen LogP) is 27.4. The summed E-state index contributed by atoms with van der Waals surface area (Å²) in [5.41, 5.74) is 0. The molecule has 0 amide bonds. The van der Waals surface area contributed by atoms with Crippen LogP contribution in [-0.2, 0) is 65.4 Å². The van der Waals surface area contributed by atoms with Gasteiger partial charge >= 0.3 is 39.5 Å². The van der Waals surface area contributed by atoms with E-state index in [2.05, 4.69) is 41.5 Å². The summed E-state index contributed by atoms with van der Waals surface area (Å²) in [6, 6.07) is 0. The van der Waals surface area contributed by atoms with E-state index in [0.717, 1.165) is 102 Å². The Balaban J connectivity index is 5.22. The molecule has 0 aromatic heterocycles. The molecule has 108 heavy (non-hydrogen) atoms. The number of esters is 4. The predicted molar refractivity (Wildman–Crippen MR) is 446 cm³/mol. The molecular formula is C89H174O17P2. The fourth-order valence-corrected chi connectivity index (χ4v) is 15.5. The van der Waals surface area contributed by atoms with Crippen molar-refractivity contribution in [1.29, 1.82) is 0 Å². The van der Waals surface area contributed by atoms with Crippen molar-refractivity contribution in [3.63, 3.8) is 0 Å². The van der Waals surface area contributed by atoms with Gasteiger partial charge in [0.25, 0.3) is 0 Å². The Labute approximate surface area is 664 Å². The van der Waals surface area contributed by atoms with Gasteiger partial charge in [-0.15, -0.1) is 0 Å². The average Bonchev–Trinajstić information content (AvgIpc) is 0.864. The van der Waals surface area contributed by atoms with Gasteiger partial charge in [-0.2, -0.15) is 0 Å². The molecular weight excluding hydrogens is 1400 g/mol. The fraction of sp³-hybridized carbons (Fsp3) is 0.955. The Morgan fingerprint density at radius 3 is 0.630 bits per heavy atom. The first-order valence-electron chi connectivity index (χ1n) is 46.0. The third-order valence-corrected chi connectivity index (χ3v) is 22.9. The number of aliphatic hydroxyl groups excluding tert-OH is 1. The topological polar surface area (TPSA) is 237 Å². The maximum Gasteiger partial charge on any atom is 0.472 e. The van der Waals surface area contributed by atoms with Gasteiger partial charge in [-0.05, 0) is 37.5 Å². The number of unbranched alkanes of at least 4 members (excludes halogenated alkanes) is 58. The molecule has 0 aliphatic rings. The largest absolute Gasteiger partial charge is 0.472 e. The fourth-order valence-electron chi connectivity index (χ4n) is 14.0. The van der Waals surface area contributed by atoms with Crippen LogP contribution >= 0.6 is 15.6 Å². The first kappa shape index (κ1) is 106. The van der Waals surface area contributed by atoms with Crippen LogP contribution in [0.5, 0.6) is 0 Å². The summed E-state index contributed by atoms with van der Waals surface area (Å²) in [6.45, 7) is 9.67. The molecule has 0 saturated carbocycles. The normalized spacial score (nSPS) is 13.8. The van der Waals surface area contributed by atoms with Gasteiger partial charge in [0.15, 0.2) is 12.2 Å². The number of aliphatic hydroxyl groups is 1. The van der Waals surface area contributed by atoms with Crippen molar-refractivity contribution in [1.82, 2.24) is 0 Å². The molecule has 0 fully saturated rings. The summed E-state index contributed by atoms with van der Waals surface area (Å²) in [6.07, 6.45) is 73.8. The van der Waals surface area contributed by atoms with Gasteiger partial charge in [0.2, 0.25) is 0 Å². The van der Waals surface area contributed by atoms with Crippen molar-refractivity contribution in [2.45, 2.75) is 496 Å². The van der Waals surface area contributed by atoms with Gasteiger partial charge < -0.3 is 33.8 Å². The van der Waals surface area contributed by atoms with E-state index in [-0.39, 0.29) is 25.7 Å². The molecule has 0 bridgehead atoms. The molecule has 0 spiro atoms. The number of carbonyl (C=O) groups is 4. The second kappa shape index (κ2) is 80.3. The SMILES string of the molecule is CCCCCCCCCCCCCCCCCCCCCC(=O)OC[C@H](COP(=O)(O)OC[C@@H](O)COP(=O)(O)OC[C@@H](COC(=O)CCCCCCCCCC(C)C)OC(=O)CCCCCCCCCCCCCCCCCCCC)OC(=O)CCCCCCCCCCCCCCCCCCCCC(C)C. The molecule has 0 saturated heterocycles. The minimum absolute atomic E-state index is 0.108. The first-order chi connectivity index (χ1) is 52.4. The quantitative estimate of drug-likeness (QED) is 0.0222. The summed E-state index contributed by atoms with van der Waals surface area (Å²) in [4.78, 5) is 73.3. The summed E-state index contributed by atoms with van der Waals surface area (Å²) >= 11 is 0. The molecule has 0 aliphatic heterocycles. The van der Waals surface area contributed by atoms with Crippen molar-refractivity contribution < 1.29 is 80.2 Å². The van der Waals surface area contributed by atoms with Gasteiger partial charge in [0.1, 0.15) is 19.3 Å². The van der Waals surface area contributed by atoms with E-state index in [4.69, 9.17) is 37.0 Å². The van der Waals surface area contributed by atoms with E-state index in [1.807, 2.05) is 0 Å². The summed E-state index contributed by atoms with van der Waals surface area (Å²) in [5, 5.41) is 10.7. The zero-order chi connectivity index (χ0) is 79.2. The maximum absolute atomic E-state index is 13.2. The van der Waals surface area contributed by atoms with E-state index in [0.29, 0.717) is 31.6 Å². The Bertz CT molecular complexity index is 2060. The smallest absolute Gasteiger partial charge is 0.462 e. The number of carbonyl (C=O) groups excluding carboxylic acids is 4. The molecule has 17 nitrogen and oxygen atoms in total. The van der Waals surface area contributed by atoms with Crippen LogP contribution in [0.15, 0.2) is 0 Å². The number of ether oxygens (including phenoxy) is 4. The molecule has 0 radical (unpaired) electrons. The minimum atomic E-state index is -4.97. The molecule has 5 atom stereocenters. The second-order valence-corrected chi connectivity index (χ2v) is 35.8. The number of phosphoric acid groups is 2. The van der Waals surface area contributed by atoms with Crippen LogP contribution in [0.25, 0.3) is 0 Å². The molecule has 3 N–H and O–H groups in total. The van der Waals surface area contributed by atoms with E-state index in [1.165, 1.54) is 289 Å². The molecule has 0 aliphatic carbocycles. The van der Waals surface area contributed by atoms with Crippen molar-refractivity contribution >= 4 is 39.5 Å². The third-order valence-electron chi connectivity index (χ3n) is 21.0. The Morgan fingerprint density at radius 1 is 0.250 bits per heavy atom. The monoisotopic (exact) mass is 1580 g/mol. The number of rotatable bonds is 88. The standard InChI is InChI=1S/C89H174O17P2/c1-7-9-11-13-15-17-19-21-23-25-27-32-35-39-43-47-53-59-65-71-86(91)99-77-84(105-88(93)73-67-62-55-49-45-41-37-33-29-28-30-34-38-42-46-51-57-63-69-81(3)4)79-103-107(95,96)101-75-83(90)76-102-108(97,98)104-80-85(78-100-87(92)72-66-60-56-50-52-58-64-70-82(5)6)106-89(94)74-68-61-54-48-44-40-36-31-26-24-22-20-18-16-14-12-10-8-2/h81-85,90H,7-80H2,1-6H3,(H,95,96)(H,97,98)/t83-,84-,85-/m1/s1. The number of phosphoric ester groups is 2. The van der Waals surface area contributed by atoms with Gasteiger partial charge in [0, 0.05) is 25.7 Å². The highest BCUT2D eigenvalue weighted by molar-refractivity contribution is 7.47. The van der Waals surface area contributed by atoms with Crippen LogP contribution < -0.4 is 0 Å². The second-order valence-electron chi connectivity index (χ2n) is 32.9. The first-order valence-corrected chi connectivity index (χ1v) is 49.0. The Kier molecular flexibility index (Phi) is 78.8. The third kappa shape index (κ3) is 82.1. The van der Waals surface area contributed by atoms with E-state index >= 15 is 0 Å². The maximum atomic E-state index is 13.2. The van der Waals surface area contributed by atoms with Gasteiger partial charge in [0.05, 0.1) is 26.4 Å². The van der Waals surface area contributed by atoms with Crippen LogP contribution in [-0.4, -0.2) is 96.7 Å². The van der Waals surface area contributed by atoms with Gasteiger partial charge in [-0.3, -0.25) is 37.3 Å². The zero-order valence-electron chi connectivity index (χ0n) is 71.2. The number of hydrogen-bond donors (Lipinski definition) is 3. The van der Waals surface area contributed by atoms with Crippen molar-refractivity contribution in [2.24, 2.45) is 11.8 Å². The zero-order valence-corrected chi connectivity index (χ0v) is 73.0. The van der Waals surface area contributed by atoms with Crippen molar-refractivity contribution in [3.8, 4) is 0 Å². The lowest BCUT2D eigenvalue weighted by Crippen LogP contribution is -2.30. The summed E-state index contributed by atoms with van der Waals surface area (Å²) in [5.74, 6) is -0.574. The van der Waals surface area contributed by atoms with Crippen molar-refractivity contribution in [3.05, 3.63) is 0 Å². The lowest BCUT2D eigenvalue weighted by molar-refractivity contribution is -0.161. The summed E-state index contributed by atoms with van der Waals surface area (Å²) < 4.78 is 69.0. The van der Waals surface area contributed by atoms with Crippen LogP contribution in [0.1, 0.15) is 478 Å². The molecule has 0 aromatic rings. The van der Waals surface area contributed by atoms with E-state index in [9.17, 15) is 43.2 Å². The van der Waals surface area contributed by atoms with Crippen LogP contribution in [0.3, 0.4) is 0 Å². The molecule has 19 heteroatoms. The lowest BCUT2D eigenvalue weighted by Gasteiger charge is -2.21. The van der Waals surface area contributed by atoms with Crippen molar-refractivity contribution in [2.75, 3.05) is 39.6 Å². The average molecular weight is 1580 g/mol. The van der Waals surface area contributed by atoms with Gasteiger partial charge in [-0.25, -0.2) is 9.13 Å². The minimum Gasteiger partial charge on any atom is -0.462 e. The van der Waals surface area contributed by atoms with Crippen LogP contribution in [0, 0.1) is 11.8 Å². The molecule has 642 valence electrons. The van der Waals surface area contributed by atoms with E-state index in [1.54, 1.807) is 0 Å². The Hall–Kier alpha value is -1.94. The van der Waals surface area contributed by atoms with Crippen LogP contribution in [0.4, 0.5) is 0 Å². The summed E-state index contributed by atoms with van der Waals surface area (Å²) in [7, 11) is -9.93. The van der Waals surface area contributed by atoms with Crippen LogP contribution in [0.2, 0.25) is 0 Å². The molecule has 0 heterocycles. The molecule has 2 unspecified atom stereocenters. The van der Waals surface area contributed by atoms with E-state index < -0.39 is 97.5 Å². The van der Waals surface area contributed by atoms with Gasteiger partial charge in [-0.1, -0.05) is 427 Å². The number of hydrogen-bond acceptors (Lipinski definition) is 15. The highest BCUT2D eigenvalue weighted by Gasteiger charge is 2.31.